The Balaban J connectivity index is 1.42. The van der Waals surface area contributed by atoms with Gasteiger partial charge in [-0.05, 0) is 47.6 Å². The van der Waals surface area contributed by atoms with Crippen molar-refractivity contribution in [2.75, 3.05) is 6.61 Å². The highest BCUT2D eigenvalue weighted by atomic mass is 35.5. The van der Waals surface area contributed by atoms with E-state index in [9.17, 15) is 9.59 Å². The quantitative estimate of drug-likeness (QED) is 0.417. The van der Waals surface area contributed by atoms with Crippen LogP contribution in [0.2, 0.25) is 5.02 Å². The van der Waals surface area contributed by atoms with Crippen molar-refractivity contribution < 1.29 is 14.3 Å². The average molecular weight is 440 g/mol. The van der Waals surface area contributed by atoms with Crippen LogP contribution in [0.3, 0.4) is 0 Å². The fourth-order valence-corrected chi connectivity index (χ4v) is 2.90. The van der Waals surface area contributed by atoms with Crippen molar-refractivity contribution in [2.45, 2.75) is 0 Å². The lowest BCUT2D eigenvalue weighted by molar-refractivity contribution is -0.123. The summed E-state index contributed by atoms with van der Waals surface area (Å²) in [6.07, 6.45) is 0. The van der Waals surface area contributed by atoms with Crippen LogP contribution in [0.1, 0.15) is 10.4 Å². The maximum Gasteiger partial charge on any atom is 0.276 e. The van der Waals surface area contributed by atoms with Gasteiger partial charge in [-0.2, -0.15) is 0 Å². The third-order valence-corrected chi connectivity index (χ3v) is 4.53. The molecule has 0 spiro atoms. The molecule has 8 heteroatoms. The molecule has 152 valence electrons. The summed E-state index contributed by atoms with van der Waals surface area (Å²) in [5, 5.41) is 2.66. The highest BCUT2D eigenvalue weighted by molar-refractivity contribution is 7.80. The third-order valence-electron chi connectivity index (χ3n) is 3.99. The predicted octanol–water partition coefficient (Wildman–Crippen LogP) is 3.72. The molecule has 0 fully saturated rings. The van der Waals surface area contributed by atoms with E-state index in [1.54, 1.807) is 36.4 Å². The van der Waals surface area contributed by atoms with Crippen LogP contribution in [-0.2, 0) is 4.79 Å². The number of hydrogen-bond donors (Lipinski definition) is 3. The monoisotopic (exact) mass is 439 g/mol. The summed E-state index contributed by atoms with van der Waals surface area (Å²) in [7, 11) is 0. The third kappa shape index (κ3) is 6.04. The zero-order valence-corrected chi connectivity index (χ0v) is 17.3. The first-order valence-corrected chi connectivity index (χ1v) is 9.74. The van der Waals surface area contributed by atoms with Crippen LogP contribution in [0.15, 0.2) is 78.9 Å². The summed E-state index contributed by atoms with van der Waals surface area (Å²) >= 11 is 11.0. The van der Waals surface area contributed by atoms with E-state index in [0.717, 1.165) is 11.1 Å². The minimum Gasteiger partial charge on any atom is -0.484 e. The average Bonchev–Trinajstić information content (AvgIpc) is 2.77. The second-order valence-electron chi connectivity index (χ2n) is 6.12. The number of ether oxygens (including phenoxy) is 1. The minimum absolute atomic E-state index is 0.0690. The molecule has 0 aliphatic rings. The van der Waals surface area contributed by atoms with Gasteiger partial charge in [0, 0.05) is 0 Å². The van der Waals surface area contributed by atoms with Crippen molar-refractivity contribution in [3.63, 3.8) is 0 Å². The largest absolute Gasteiger partial charge is 0.484 e. The van der Waals surface area contributed by atoms with Crippen molar-refractivity contribution >= 4 is 40.7 Å². The van der Waals surface area contributed by atoms with E-state index in [1.165, 1.54) is 0 Å². The van der Waals surface area contributed by atoms with E-state index in [-0.39, 0.29) is 17.3 Å². The van der Waals surface area contributed by atoms with Crippen molar-refractivity contribution in [3.8, 4) is 16.9 Å². The Labute approximate surface area is 184 Å². The van der Waals surface area contributed by atoms with Gasteiger partial charge in [0.2, 0.25) is 0 Å². The Morgan fingerprint density at radius 3 is 2.17 bits per heavy atom. The number of benzene rings is 3. The Kier molecular flexibility index (Phi) is 7.37. The molecular weight excluding hydrogens is 422 g/mol. The Morgan fingerprint density at radius 2 is 1.47 bits per heavy atom. The van der Waals surface area contributed by atoms with Gasteiger partial charge < -0.3 is 4.74 Å². The Morgan fingerprint density at radius 1 is 0.833 bits per heavy atom. The molecule has 2 amide bonds. The van der Waals surface area contributed by atoms with Crippen LogP contribution < -0.4 is 20.9 Å². The molecule has 0 heterocycles. The summed E-state index contributed by atoms with van der Waals surface area (Å²) in [6.45, 7) is -0.223. The summed E-state index contributed by atoms with van der Waals surface area (Å²) in [4.78, 5) is 24.0. The van der Waals surface area contributed by atoms with Gasteiger partial charge >= 0.3 is 0 Å². The van der Waals surface area contributed by atoms with Crippen molar-refractivity contribution in [1.82, 2.24) is 16.2 Å². The normalized spacial score (nSPS) is 10.0. The molecule has 0 aliphatic heterocycles. The molecule has 0 atom stereocenters. The zero-order chi connectivity index (χ0) is 21.3. The molecule has 0 saturated carbocycles. The van der Waals surface area contributed by atoms with Gasteiger partial charge in [0.15, 0.2) is 11.7 Å². The molecule has 6 nitrogen and oxygen atoms in total. The van der Waals surface area contributed by atoms with E-state index >= 15 is 0 Å². The van der Waals surface area contributed by atoms with Crippen LogP contribution in [-0.4, -0.2) is 23.5 Å². The maximum absolute atomic E-state index is 12.1. The molecule has 3 aromatic carbocycles. The number of hydrazine groups is 1. The molecular formula is C22H18ClN3O3S. The number of carbonyl (C=O) groups is 2. The molecule has 3 N–H and O–H groups in total. The lowest BCUT2D eigenvalue weighted by Gasteiger charge is -2.12. The molecule has 0 unspecified atom stereocenters. The fourth-order valence-electron chi connectivity index (χ4n) is 2.53. The van der Waals surface area contributed by atoms with Crippen LogP contribution in [0.5, 0.6) is 5.75 Å². The Hall–Kier alpha value is -3.42. The van der Waals surface area contributed by atoms with E-state index in [0.29, 0.717) is 10.8 Å². The smallest absolute Gasteiger partial charge is 0.276 e. The standard InChI is InChI=1S/C22H18ClN3O3S/c23-19-9-5-4-8-18(19)21(28)24-22(30)26-25-20(27)14-29-17-12-10-16(11-13-17)15-6-2-1-3-7-15/h1-13H,14H2,(H,25,27)(H2,24,26,28,30). The first kappa shape index (κ1) is 21.3. The number of hydrogen-bond acceptors (Lipinski definition) is 4. The summed E-state index contributed by atoms with van der Waals surface area (Å²) in [5.74, 6) is -0.391. The number of carbonyl (C=O) groups excluding carboxylic acids is 2. The lowest BCUT2D eigenvalue weighted by Crippen LogP contribution is -2.49. The number of amides is 2. The van der Waals surface area contributed by atoms with E-state index in [1.807, 2.05) is 42.5 Å². The number of thiocarbonyl (C=S) groups is 1. The van der Waals surface area contributed by atoms with Crippen molar-refractivity contribution in [1.29, 1.82) is 0 Å². The second-order valence-corrected chi connectivity index (χ2v) is 6.93. The highest BCUT2D eigenvalue weighted by Crippen LogP contribution is 2.22. The SMILES string of the molecule is O=C(COc1ccc(-c2ccccc2)cc1)NNC(=S)NC(=O)c1ccccc1Cl. The first-order chi connectivity index (χ1) is 14.5. The number of rotatable bonds is 5. The van der Waals surface area contributed by atoms with Crippen LogP contribution >= 0.6 is 23.8 Å². The molecule has 0 aromatic heterocycles. The van der Waals surface area contributed by atoms with Gasteiger partial charge in [-0.1, -0.05) is 66.2 Å². The second kappa shape index (κ2) is 10.4. The van der Waals surface area contributed by atoms with Crippen molar-refractivity contribution in [3.05, 3.63) is 89.4 Å². The van der Waals surface area contributed by atoms with E-state index < -0.39 is 11.8 Å². The van der Waals surface area contributed by atoms with Gasteiger partial charge in [-0.3, -0.25) is 25.8 Å². The van der Waals surface area contributed by atoms with Gasteiger partial charge in [-0.15, -0.1) is 0 Å². The van der Waals surface area contributed by atoms with Gasteiger partial charge in [0.25, 0.3) is 11.8 Å². The van der Waals surface area contributed by atoms with Crippen LogP contribution in [0, 0.1) is 0 Å². The predicted molar refractivity (Wildman–Crippen MR) is 120 cm³/mol. The van der Waals surface area contributed by atoms with E-state index in [2.05, 4.69) is 16.2 Å². The summed E-state index contributed by atoms with van der Waals surface area (Å²) < 4.78 is 5.46. The summed E-state index contributed by atoms with van der Waals surface area (Å²) in [6, 6.07) is 23.9. The van der Waals surface area contributed by atoms with Gasteiger partial charge in [-0.25, -0.2) is 0 Å². The van der Waals surface area contributed by atoms with Gasteiger partial charge in [0.05, 0.1) is 10.6 Å². The van der Waals surface area contributed by atoms with E-state index in [4.69, 9.17) is 28.6 Å². The molecule has 0 saturated heterocycles. The lowest BCUT2D eigenvalue weighted by atomic mass is 10.1. The zero-order valence-electron chi connectivity index (χ0n) is 15.7. The Bertz CT molecular complexity index is 1040. The number of halogens is 1. The minimum atomic E-state index is -0.484. The topological polar surface area (TPSA) is 79.5 Å². The van der Waals surface area contributed by atoms with Crippen LogP contribution in [0.4, 0.5) is 0 Å². The first-order valence-electron chi connectivity index (χ1n) is 8.96. The fraction of sp³-hybridized carbons (Fsp3) is 0.0455. The van der Waals surface area contributed by atoms with Gasteiger partial charge in [0.1, 0.15) is 5.75 Å². The van der Waals surface area contributed by atoms with Crippen LogP contribution in [0.25, 0.3) is 11.1 Å². The molecule has 0 radical (unpaired) electrons. The molecule has 3 rings (SSSR count). The number of nitrogens with one attached hydrogen (secondary N) is 3. The highest BCUT2D eigenvalue weighted by Gasteiger charge is 2.11. The summed E-state index contributed by atoms with van der Waals surface area (Å²) in [5.41, 5.74) is 7.23. The maximum atomic E-state index is 12.1. The molecule has 30 heavy (non-hydrogen) atoms. The molecule has 0 bridgehead atoms. The molecule has 0 aliphatic carbocycles. The molecule has 3 aromatic rings. The van der Waals surface area contributed by atoms with Crippen molar-refractivity contribution in [2.24, 2.45) is 0 Å².